The largest absolute Gasteiger partial charge is 0.398 e. The second-order valence-electron chi connectivity index (χ2n) is 2.41. The van der Waals surface area contributed by atoms with Crippen molar-refractivity contribution < 1.29 is 0 Å². The van der Waals surface area contributed by atoms with Crippen LogP contribution in [0.25, 0.3) is 0 Å². The van der Waals surface area contributed by atoms with Gasteiger partial charge in [0.1, 0.15) is 0 Å². The molecule has 0 unspecified atom stereocenters. The molecule has 2 nitrogen and oxygen atoms in total. The molecule has 0 aliphatic rings. The third kappa shape index (κ3) is 1.93. The van der Waals surface area contributed by atoms with Crippen LogP contribution in [0.4, 0.5) is 5.69 Å². The van der Waals surface area contributed by atoms with Crippen molar-refractivity contribution in [2.45, 2.75) is 11.3 Å². The van der Waals surface area contributed by atoms with E-state index in [4.69, 9.17) is 11.0 Å². The Hall–Kier alpha value is -1.14. The summed E-state index contributed by atoms with van der Waals surface area (Å²) in [6.07, 6.45) is 2.43. The Kier molecular flexibility index (Phi) is 3.01. The summed E-state index contributed by atoms with van der Waals surface area (Å²) in [5.74, 6) is 0. The topological polar surface area (TPSA) is 49.8 Å². The van der Waals surface area contributed by atoms with Gasteiger partial charge < -0.3 is 5.73 Å². The zero-order valence-electron chi connectivity index (χ0n) is 6.87. The first-order chi connectivity index (χ1) is 5.77. The third-order valence-corrected chi connectivity index (χ3v) is 2.37. The Balaban J connectivity index is 2.98. The summed E-state index contributed by atoms with van der Waals surface area (Å²) in [5, 5.41) is 8.46. The maximum atomic E-state index is 8.46. The van der Waals surface area contributed by atoms with Crippen molar-refractivity contribution in [3.05, 3.63) is 23.8 Å². The minimum atomic E-state index is 0.452. The van der Waals surface area contributed by atoms with E-state index in [1.165, 1.54) is 0 Å². The van der Waals surface area contributed by atoms with Gasteiger partial charge in [0.05, 0.1) is 12.5 Å². The third-order valence-electron chi connectivity index (χ3n) is 1.58. The summed E-state index contributed by atoms with van der Waals surface area (Å²) < 4.78 is 0. The standard InChI is InChI=1S/C9H10N2S/c1-12-9-6-7(4-5-10)2-3-8(9)11/h2-3,6H,4,11H2,1H3. The quantitative estimate of drug-likeness (QED) is 0.557. The first-order valence-corrected chi connectivity index (χ1v) is 4.79. The molecule has 12 heavy (non-hydrogen) atoms. The summed E-state index contributed by atoms with van der Waals surface area (Å²) >= 11 is 1.60. The first-order valence-electron chi connectivity index (χ1n) is 3.57. The molecule has 0 spiro atoms. The van der Waals surface area contributed by atoms with E-state index in [2.05, 4.69) is 6.07 Å². The Labute approximate surface area is 76.4 Å². The minimum absolute atomic E-state index is 0.452. The molecule has 1 rings (SSSR count). The smallest absolute Gasteiger partial charge is 0.0669 e. The molecule has 0 atom stereocenters. The van der Waals surface area contributed by atoms with Crippen molar-refractivity contribution in [2.24, 2.45) is 0 Å². The molecule has 0 heterocycles. The first kappa shape index (κ1) is 8.95. The van der Waals surface area contributed by atoms with Crippen LogP contribution in [-0.2, 0) is 6.42 Å². The monoisotopic (exact) mass is 178 g/mol. The lowest BCUT2D eigenvalue weighted by Gasteiger charge is -2.02. The highest BCUT2D eigenvalue weighted by Gasteiger charge is 1.98. The molecular weight excluding hydrogens is 168 g/mol. The Morgan fingerprint density at radius 2 is 2.33 bits per heavy atom. The van der Waals surface area contributed by atoms with Crippen LogP contribution in [0.1, 0.15) is 5.56 Å². The summed E-state index contributed by atoms with van der Waals surface area (Å²) in [7, 11) is 0. The Morgan fingerprint density at radius 1 is 1.58 bits per heavy atom. The summed E-state index contributed by atoms with van der Waals surface area (Å²) in [6, 6.07) is 7.80. The lowest BCUT2D eigenvalue weighted by Crippen LogP contribution is -1.90. The van der Waals surface area contributed by atoms with Gasteiger partial charge in [0, 0.05) is 10.6 Å². The predicted octanol–water partition coefficient (Wildman–Crippen LogP) is 2.06. The number of nitrogens with two attached hydrogens (primary N) is 1. The Bertz CT molecular complexity index is 315. The van der Waals surface area contributed by atoms with Gasteiger partial charge in [-0.25, -0.2) is 0 Å². The number of rotatable bonds is 2. The SMILES string of the molecule is CSc1cc(CC#N)ccc1N. The molecule has 0 aliphatic carbocycles. The molecular formula is C9H10N2S. The van der Waals surface area contributed by atoms with E-state index in [0.717, 1.165) is 16.1 Å². The molecule has 0 aliphatic heterocycles. The number of nitrogens with zero attached hydrogens (tertiary/aromatic N) is 1. The maximum Gasteiger partial charge on any atom is 0.0669 e. The second kappa shape index (κ2) is 4.03. The van der Waals surface area contributed by atoms with Gasteiger partial charge in [0.25, 0.3) is 0 Å². The normalized spacial score (nSPS) is 9.33. The molecule has 0 amide bonds. The van der Waals surface area contributed by atoms with Gasteiger partial charge in [0.2, 0.25) is 0 Å². The molecule has 0 saturated heterocycles. The molecule has 0 aromatic heterocycles. The van der Waals surface area contributed by atoms with Gasteiger partial charge in [-0.3, -0.25) is 0 Å². The minimum Gasteiger partial charge on any atom is -0.398 e. The predicted molar refractivity (Wildman–Crippen MR) is 52.0 cm³/mol. The van der Waals surface area contributed by atoms with Gasteiger partial charge >= 0.3 is 0 Å². The van der Waals surface area contributed by atoms with E-state index in [-0.39, 0.29) is 0 Å². The lowest BCUT2D eigenvalue weighted by molar-refractivity contribution is 1.23. The average Bonchev–Trinajstić information content (AvgIpc) is 2.09. The van der Waals surface area contributed by atoms with Gasteiger partial charge in [-0.1, -0.05) is 6.07 Å². The highest BCUT2D eigenvalue weighted by molar-refractivity contribution is 7.98. The zero-order valence-corrected chi connectivity index (χ0v) is 7.69. The van der Waals surface area contributed by atoms with E-state index in [1.807, 2.05) is 24.5 Å². The number of nitrogen functional groups attached to an aromatic ring is 1. The van der Waals surface area contributed by atoms with E-state index < -0.39 is 0 Å². The van der Waals surface area contributed by atoms with Crippen molar-refractivity contribution in [1.82, 2.24) is 0 Å². The van der Waals surface area contributed by atoms with E-state index in [1.54, 1.807) is 11.8 Å². The molecule has 1 aromatic carbocycles. The van der Waals surface area contributed by atoms with E-state index >= 15 is 0 Å². The number of benzene rings is 1. The van der Waals surface area contributed by atoms with Gasteiger partial charge in [-0.15, -0.1) is 11.8 Å². The number of nitriles is 1. The van der Waals surface area contributed by atoms with Crippen molar-refractivity contribution in [3.8, 4) is 6.07 Å². The molecule has 0 fully saturated rings. The number of hydrogen-bond acceptors (Lipinski definition) is 3. The van der Waals surface area contributed by atoms with Crippen LogP contribution in [0.2, 0.25) is 0 Å². The molecule has 2 N–H and O–H groups in total. The fourth-order valence-electron chi connectivity index (χ4n) is 0.957. The van der Waals surface area contributed by atoms with Crippen LogP contribution in [-0.4, -0.2) is 6.26 Å². The highest BCUT2D eigenvalue weighted by Crippen LogP contribution is 2.23. The fraction of sp³-hybridized carbons (Fsp3) is 0.222. The fourth-order valence-corrected chi connectivity index (χ4v) is 1.53. The van der Waals surface area contributed by atoms with Crippen LogP contribution in [0.5, 0.6) is 0 Å². The summed E-state index contributed by atoms with van der Waals surface area (Å²) in [4.78, 5) is 1.04. The van der Waals surface area contributed by atoms with Gasteiger partial charge in [0.15, 0.2) is 0 Å². The van der Waals surface area contributed by atoms with Crippen LogP contribution in [0.15, 0.2) is 23.1 Å². The highest BCUT2D eigenvalue weighted by atomic mass is 32.2. The molecule has 0 radical (unpaired) electrons. The van der Waals surface area contributed by atoms with Crippen molar-refractivity contribution in [2.75, 3.05) is 12.0 Å². The van der Waals surface area contributed by atoms with Crippen LogP contribution in [0, 0.1) is 11.3 Å². The number of thioether (sulfide) groups is 1. The summed E-state index contributed by atoms with van der Waals surface area (Å²) in [5.41, 5.74) is 7.50. The van der Waals surface area contributed by atoms with Crippen LogP contribution in [0.3, 0.4) is 0 Å². The zero-order chi connectivity index (χ0) is 8.97. The summed E-state index contributed by atoms with van der Waals surface area (Å²) in [6.45, 7) is 0. The molecule has 3 heteroatoms. The van der Waals surface area contributed by atoms with Gasteiger partial charge in [-0.2, -0.15) is 5.26 Å². The molecule has 62 valence electrons. The number of anilines is 1. The average molecular weight is 178 g/mol. The van der Waals surface area contributed by atoms with Crippen molar-refractivity contribution in [1.29, 1.82) is 5.26 Å². The maximum absolute atomic E-state index is 8.46. The Morgan fingerprint density at radius 3 is 2.92 bits per heavy atom. The van der Waals surface area contributed by atoms with Crippen LogP contribution < -0.4 is 5.73 Å². The molecule has 0 bridgehead atoms. The van der Waals surface area contributed by atoms with Crippen molar-refractivity contribution in [3.63, 3.8) is 0 Å². The number of hydrogen-bond donors (Lipinski definition) is 1. The van der Waals surface area contributed by atoms with Crippen LogP contribution >= 0.6 is 11.8 Å². The molecule has 1 aromatic rings. The van der Waals surface area contributed by atoms with E-state index in [0.29, 0.717) is 6.42 Å². The molecule has 0 saturated carbocycles. The van der Waals surface area contributed by atoms with Gasteiger partial charge in [-0.05, 0) is 24.0 Å². The van der Waals surface area contributed by atoms with E-state index in [9.17, 15) is 0 Å². The second-order valence-corrected chi connectivity index (χ2v) is 3.26. The lowest BCUT2D eigenvalue weighted by atomic mass is 10.1. The van der Waals surface area contributed by atoms with Crippen molar-refractivity contribution >= 4 is 17.4 Å².